The van der Waals surface area contributed by atoms with E-state index in [0.29, 0.717) is 22.7 Å². The van der Waals surface area contributed by atoms with E-state index >= 15 is 0 Å². The van der Waals surface area contributed by atoms with Gasteiger partial charge < -0.3 is 5.32 Å². The fraction of sp³-hybridized carbons (Fsp3) is 0.111. The summed E-state index contributed by atoms with van der Waals surface area (Å²) in [6.45, 7) is 2.04. The van der Waals surface area contributed by atoms with Gasteiger partial charge in [-0.25, -0.2) is 0 Å². The Labute approximate surface area is 133 Å². The van der Waals surface area contributed by atoms with Crippen LogP contribution in [0.4, 0.5) is 0 Å². The van der Waals surface area contributed by atoms with Gasteiger partial charge in [0, 0.05) is 22.1 Å². The monoisotopic (exact) mass is 309 g/mol. The maximum Gasteiger partial charge on any atom is 0.209 e. The van der Waals surface area contributed by atoms with E-state index in [1.165, 1.54) is 11.6 Å². The third-order valence-corrected chi connectivity index (χ3v) is 4.37. The molecular weight excluding hydrogens is 294 g/mol. The summed E-state index contributed by atoms with van der Waals surface area (Å²) >= 11 is 1.59. The maximum atomic E-state index is 12.4. The maximum absolute atomic E-state index is 12.4. The summed E-state index contributed by atoms with van der Waals surface area (Å²) in [7, 11) is 0. The number of benzene rings is 2. The van der Waals surface area contributed by atoms with E-state index in [2.05, 4.69) is 5.32 Å². The molecule has 0 radical (unpaired) electrons. The van der Waals surface area contributed by atoms with Crippen molar-refractivity contribution in [3.05, 3.63) is 77.0 Å². The summed E-state index contributed by atoms with van der Waals surface area (Å²) in [6, 6.07) is 15.1. The van der Waals surface area contributed by atoms with Gasteiger partial charge in [-0.05, 0) is 19.1 Å². The van der Waals surface area contributed by atoms with Crippen LogP contribution in [0.5, 0.6) is 0 Å². The van der Waals surface area contributed by atoms with Crippen LogP contribution in [0.3, 0.4) is 0 Å². The molecule has 1 N–H and O–H groups in total. The number of allylic oxidation sites excluding steroid dienone is 2. The third kappa shape index (κ3) is 2.97. The minimum Gasteiger partial charge on any atom is -0.372 e. The van der Waals surface area contributed by atoms with E-state index in [1.54, 1.807) is 36.0 Å². The highest BCUT2D eigenvalue weighted by Crippen LogP contribution is 2.21. The van der Waals surface area contributed by atoms with Crippen molar-refractivity contribution >= 4 is 23.3 Å². The lowest BCUT2D eigenvalue weighted by Crippen LogP contribution is -2.26. The van der Waals surface area contributed by atoms with Gasteiger partial charge in [0.1, 0.15) is 0 Å². The Balaban J connectivity index is 1.67. The zero-order valence-corrected chi connectivity index (χ0v) is 12.9. The van der Waals surface area contributed by atoms with E-state index in [-0.39, 0.29) is 11.6 Å². The number of carbonyl (C=O) groups is 2. The highest BCUT2D eigenvalue weighted by molar-refractivity contribution is 7.99. The Bertz CT molecular complexity index is 763. The third-order valence-electron chi connectivity index (χ3n) is 3.48. The summed E-state index contributed by atoms with van der Waals surface area (Å²) in [5.74, 6) is 0.286. The van der Waals surface area contributed by atoms with Gasteiger partial charge >= 0.3 is 0 Å². The molecule has 0 saturated carbocycles. The van der Waals surface area contributed by atoms with E-state index in [9.17, 15) is 9.59 Å². The molecule has 22 heavy (non-hydrogen) atoms. The lowest BCUT2D eigenvalue weighted by atomic mass is 9.93. The van der Waals surface area contributed by atoms with Crippen LogP contribution in [-0.4, -0.2) is 17.4 Å². The average molecular weight is 309 g/mol. The van der Waals surface area contributed by atoms with Gasteiger partial charge in [0.25, 0.3) is 0 Å². The van der Waals surface area contributed by atoms with Crippen LogP contribution in [0.15, 0.2) is 65.2 Å². The molecule has 0 aromatic heterocycles. The van der Waals surface area contributed by atoms with Crippen molar-refractivity contribution in [3.8, 4) is 0 Å². The molecule has 3 rings (SSSR count). The highest BCUT2D eigenvalue weighted by Gasteiger charge is 2.24. The second-order valence-corrected chi connectivity index (χ2v) is 6.12. The Morgan fingerprint density at radius 1 is 0.955 bits per heavy atom. The molecule has 0 amide bonds. The molecule has 110 valence electrons. The van der Waals surface area contributed by atoms with E-state index in [0.717, 1.165) is 4.90 Å². The Morgan fingerprint density at radius 3 is 2.36 bits per heavy atom. The zero-order chi connectivity index (χ0) is 15.5. The molecule has 0 saturated heterocycles. The number of carbonyl (C=O) groups excluding carboxylic acids is 2. The molecule has 0 heterocycles. The molecule has 0 spiro atoms. The number of hydrogen-bond acceptors (Lipinski definition) is 4. The summed E-state index contributed by atoms with van der Waals surface area (Å²) in [4.78, 5) is 25.5. The zero-order valence-electron chi connectivity index (χ0n) is 12.1. The number of fused-ring (bicyclic) bond motifs is 1. The number of ketones is 2. The van der Waals surface area contributed by atoms with Gasteiger partial charge in [0.15, 0.2) is 5.78 Å². The number of thioether (sulfide) groups is 1. The lowest BCUT2D eigenvalue weighted by molar-refractivity contribution is 0.0979. The molecule has 4 heteroatoms. The molecule has 0 aliphatic heterocycles. The molecule has 2 aromatic carbocycles. The SMILES string of the molecule is Cc1ccc(SCNC2=CC(=O)c3ccccc3C2=O)cc1. The minimum absolute atomic E-state index is 0.125. The van der Waals surface area contributed by atoms with Crippen molar-refractivity contribution in [2.75, 3.05) is 5.88 Å². The highest BCUT2D eigenvalue weighted by atomic mass is 32.2. The van der Waals surface area contributed by atoms with Crippen LogP contribution in [0.2, 0.25) is 0 Å². The van der Waals surface area contributed by atoms with E-state index in [1.807, 2.05) is 31.2 Å². The summed E-state index contributed by atoms with van der Waals surface area (Å²) in [5.41, 5.74) is 2.52. The quantitative estimate of drug-likeness (QED) is 0.692. The van der Waals surface area contributed by atoms with Crippen LogP contribution in [0.25, 0.3) is 0 Å². The van der Waals surface area contributed by atoms with Gasteiger partial charge in [0.2, 0.25) is 5.78 Å². The lowest BCUT2D eigenvalue weighted by Gasteiger charge is -2.16. The van der Waals surface area contributed by atoms with Gasteiger partial charge in [-0.1, -0.05) is 42.0 Å². The molecule has 2 aromatic rings. The molecule has 0 unspecified atom stereocenters. The first kappa shape index (κ1) is 14.6. The molecule has 3 nitrogen and oxygen atoms in total. The van der Waals surface area contributed by atoms with Gasteiger partial charge in [-0.3, -0.25) is 9.59 Å². The topological polar surface area (TPSA) is 46.2 Å². The first-order valence-corrected chi connectivity index (χ1v) is 7.97. The smallest absolute Gasteiger partial charge is 0.209 e. The Kier molecular flexibility index (Phi) is 4.11. The second kappa shape index (κ2) is 6.20. The van der Waals surface area contributed by atoms with Crippen LogP contribution >= 0.6 is 11.8 Å². The van der Waals surface area contributed by atoms with Crippen LogP contribution < -0.4 is 5.32 Å². The predicted molar refractivity (Wildman–Crippen MR) is 88.2 cm³/mol. The Hall–Kier alpha value is -2.33. The van der Waals surface area contributed by atoms with Crippen LogP contribution in [0.1, 0.15) is 26.3 Å². The summed E-state index contributed by atoms with van der Waals surface area (Å²) in [5, 5.41) is 3.06. The van der Waals surface area contributed by atoms with Crippen molar-refractivity contribution in [2.24, 2.45) is 0 Å². The average Bonchev–Trinajstić information content (AvgIpc) is 2.54. The molecular formula is C18H15NO2S. The van der Waals surface area contributed by atoms with Gasteiger partial charge in [-0.2, -0.15) is 0 Å². The number of hydrogen-bond donors (Lipinski definition) is 1. The first-order chi connectivity index (χ1) is 10.6. The van der Waals surface area contributed by atoms with Crippen molar-refractivity contribution in [3.63, 3.8) is 0 Å². The molecule has 0 atom stereocenters. The number of rotatable bonds is 4. The largest absolute Gasteiger partial charge is 0.372 e. The standard InChI is InChI=1S/C18H15NO2S/c1-12-6-8-13(9-7-12)22-11-19-16-10-17(20)14-4-2-3-5-15(14)18(16)21/h2-10,19H,11H2,1H3. The minimum atomic E-state index is -0.127. The van der Waals surface area contributed by atoms with Gasteiger partial charge in [-0.15, -0.1) is 11.8 Å². The van der Waals surface area contributed by atoms with Crippen molar-refractivity contribution in [1.29, 1.82) is 0 Å². The normalized spacial score (nSPS) is 13.6. The second-order valence-electron chi connectivity index (χ2n) is 5.08. The fourth-order valence-electron chi connectivity index (χ4n) is 2.28. The molecule has 1 aliphatic rings. The first-order valence-electron chi connectivity index (χ1n) is 6.98. The van der Waals surface area contributed by atoms with E-state index < -0.39 is 0 Å². The predicted octanol–water partition coefficient (Wildman–Crippen LogP) is 3.60. The molecule has 0 fully saturated rings. The van der Waals surface area contributed by atoms with Crippen molar-refractivity contribution in [1.82, 2.24) is 5.32 Å². The molecule has 1 aliphatic carbocycles. The summed E-state index contributed by atoms with van der Waals surface area (Å²) in [6.07, 6.45) is 1.39. The van der Waals surface area contributed by atoms with Gasteiger partial charge in [0.05, 0.1) is 11.6 Å². The van der Waals surface area contributed by atoms with Crippen molar-refractivity contribution < 1.29 is 9.59 Å². The summed E-state index contributed by atoms with van der Waals surface area (Å²) < 4.78 is 0. The van der Waals surface area contributed by atoms with Crippen molar-refractivity contribution in [2.45, 2.75) is 11.8 Å². The number of nitrogens with one attached hydrogen (secondary N) is 1. The Morgan fingerprint density at radius 2 is 1.64 bits per heavy atom. The number of Topliss-reactive ketones (excluding diaryl/α,β-unsaturated/α-hetero) is 1. The van der Waals surface area contributed by atoms with E-state index in [4.69, 9.17) is 0 Å². The number of aryl methyl sites for hydroxylation is 1. The molecule has 0 bridgehead atoms. The fourth-order valence-corrected chi connectivity index (χ4v) is 3.00. The van der Waals surface area contributed by atoms with Crippen LogP contribution in [-0.2, 0) is 0 Å². The van der Waals surface area contributed by atoms with Crippen LogP contribution in [0, 0.1) is 6.92 Å².